The second kappa shape index (κ2) is 2.04. The molecule has 1 heterocycles. The van der Waals surface area contributed by atoms with E-state index in [1.54, 1.807) is 0 Å². The fourth-order valence-electron chi connectivity index (χ4n) is 0.322. The molecule has 0 radical (unpaired) electrons. The number of hydrogen-bond acceptors (Lipinski definition) is 2. The van der Waals surface area contributed by atoms with E-state index in [0.29, 0.717) is 0 Å². The quantitative estimate of drug-likeness (QED) is 0.342. The van der Waals surface area contributed by atoms with Gasteiger partial charge in [0.15, 0.2) is 6.20 Å². The summed E-state index contributed by atoms with van der Waals surface area (Å²) in [5.41, 5.74) is 8.13. The molecule has 0 aromatic carbocycles. The lowest BCUT2D eigenvalue weighted by molar-refractivity contribution is -0.0985. The van der Waals surface area contributed by atoms with Crippen LogP contribution in [0.1, 0.15) is 0 Å². The number of rotatable bonds is 0. The predicted octanol–water partition coefficient (Wildman–Crippen LogP) is -0.195. The van der Waals surface area contributed by atoms with Crippen LogP contribution in [0.2, 0.25) is 0 Å². The van der Waals surface area contributed by atoms with Crippen molar-refractivity contribution in [3.05, 3.63) is 29.7 Å². The lowest BCUT2D eigenvalue weighted by Gasteiger charge is -1.69. The minimum absolute atomic E-state index is 0.104. The Kier molecular flexibility index (Phi) is 1.21. The third kappa shape index (κ3) is 0.802. The van der Waals surface area contributed by atoms with Gasteiger partial charge in [-0.2, -0.15) is 0 Å². The molecule has 0 aliphatic heterocycles. The van der Waals surface area contributed by atoms with Gasteiger partial charge in [0, 0.05) is 0 Å². The van der Waals surface area contributed by atoms with E-state index in [-0.39, 0.29) is 5.55 Å². The van der Waals surface area contributed by atoms with Gasteiger partial charge in [0.25, 0.3) is 0 Å². The summed E-state index contributed by atoms with van der Waals surface area (Å²) in [7, 11) is 0. The van der Waals surface area contributed by atoms with Gasteiger partial charge in [-0.1, -0.05) is 0 Å². The fourth-order valence-corrected chi connectivity index (χ4v) is 0.322. The third-order valence-electron chi connectivity index (χ3n) is 0.619. The van der Waals surface area contributed by atoms with Crippen LogP contribution in [-0.4, -0.2) is 9.77 Å². The van der Waals surface area contributed by atoms with E-state index in [2.05, 4.69) is 14.2 Å². The van der Waals surface area contributed by atoms with Crippen LogP contribution in [0, 0.1) is 0 Å². The number of hydrogen-bond donors (Lipinski definition) is 0. The first-order chi connectivity index (χ1) is 3.93. The van der Waals surface area contributed by atoms with Gasteiger partial charge in [-0.25, -0.2) is 4.98 Å². The molecule has 0 spiro atoms. The fraction of sp³-hybridized carbons (Fsp3) is 0. The van der Waals surface area contributed by atoms with Crippen molar-refractivity contribution in [1.82, 2.24) is 4.98 Å². The van der Waals surface area contributed by atoms with Crippen molar-refractivity contribution in [2.24, 2.45) is 0 Å². The van der Waals surface area contributed by atoms with Crippen molar-refractivity contribution >= 4 is 0 Å². The third-order valence-corrected chi connectivity index (χ3v) is 0.619. The molecule has 0 saturated carbocycles. The maximum atomic E-state index is 8.03. The van der Waals surface area contributed by atoms with E-state index in [4.69, 9.17) is 5.53 Å². The summed E-state index contributed by atoms with van der Waals surface area (Å²) in [6, 6.07) is 0. The molecule has 4 nitrogen and oxygen atoms in total. The Morgan fingerprint density at radius 2 is 2.62 bits per heavy atom. The molecule has 0 atom stereocenters. The minimum Gasteiger partial charge on any atom is -0.398 e. The lowest BCUT2D eigenvalue weighted by atomic mass is 10.8. The molecule has 4 heteroatoms. The van der Waals surface area contributed by atoms with Gasteiger partial charge in [0.05, 0.1) is 6.20 Å². The molecule has 1 aromatic heterocycles. The van der Waals surface area contributed by atoms with Crippen LogP contribution < -0.4 is 5.55 Å². The van der Waals surface area contributed by atoms with Gasteiger partial charge < -0.3 is 9.95 Å². The van der Waals surface area contributed by atoms with Gasteiger partial charge in [-0.3, -0.25) is 0 Å². The Morgan fingerprint density at radius 3 is 3.00 bits per heavy atom. The van der Waals surface area contributed by atoms with E-state index in [0.717, 1.165) is 0 Å². The van der Waals surface area contributed by atoms with Crippen molar-refractivity contribution in [2.75, 3.05) is 0 Å². The summed E-state index contributed by atoms with van der Waals surface area (Å²) in [5.74, 6) is 0. The Labute approximate surface area is 45.0 Å². The van der Waals surface area contributed by atoms with Gasteiger partial charge in [0.1, 0.15) is 6.26 Å². The molecule has 1 rings (SSSR count). The predicted molar refractivity (Wildman–Crippen MR) is 23.3 cm³/mol. The molecule has 0 aliphatic carbocycles. The van der Waals surface area contributed by atoms with Gasteiger partial charge in [0.2, 0.25) is 0 Å². The Morgan fingerprint density at radius 1 is 1.75 bits per heavy atom. The first-order valence-corrected chi connectivity index (χ1v) is 2.00. The van der Waals surface area contributed by atoms with E-state index < -0.39 is 0 Å². The zero-order valence-corrected chi connectivity index (χ0v) is 3.98. The molecule has 0 fully saturated rings. The average molecular weight is 109 g/mol. The van der Waals surface area contributed by atoms with E-state index in [1.165, 1.54) is 18.7 Å². The molecule has 0 N–H and O–H groups in total. The van der Waals surface area contributed by atoms with Crippen LogP contribution in [0.4, 0.5) is 0 Å². The van der Waals surface area contributed by atoms with Crippen molar-refractivity contribution < 1.29 is 9.21 Å². The van der Waals surface area contributed by atoms with Crippen LogP contribution in [0.15, 0.2) is 23.1 Å². The number of nitrogens with zero attached hydrogens (tertiary/aromatic N) is 3. The summed E-state index contributed by atoms with van der Waals surface area (Å²) in [6.45, 7) is 0. The second-order valence-corrected chi connectivity index (χ2v) is 1.12. The normalized spacial score (nSPS) is 8.00. The van der Waals surface area contributed by atoms with Crippen LogP contribution >= 0.6 is 0 Å². The van der Waals surface area contributed by atoms with E-state index >= 15 is 0 Å². The van der Waals surface area contributed by atoms with E-state index in [1.807, 2.05) is 0 Å². The molecule has 0 unspecified atom stereocenters. The van der Waals surface area contributed by atoms with Crippen molar-refractivity contribution in [2.45, 2.75) is 0 Å². The molecule has 40 valence electrons. The summed E-state index contributed by atoms with van der Waals surface area (Å²) >= 11 is 0. The first-order valence-electron chi connectivity index (χ1n) is 2.00. The monoisotopic (exact) mass is 109 g/mol. The maximum absolute atomic E-state index is 8.03. The lowest BCUT2D eigenvalue weighted by Crippen LogP contribution is -1.99. The van der Waals surface area contributed by atoms with Crippen LogP contribution in [0.25, 0.3) is 5.53 Å². The molecule has 0 bridgehead atoms. The zero-order valence-electron chi connectivity index (χ0n) is 3.98. The van der Waals surface area contributed by atoms with Crippen molar-refractivity contribution in [3.63, 3.8) is 0 Å². The summed E-state index contributed by atoms with van der Waals surface area (Å²) < 4.78 is 4.60. The highest BCUT2D eigenvalue weighted by Crippen LogP contribution is 1.64. The smallest absolute Gasteiger partial charge is 0.398 e. The van der Waals surface area contributed by atoms with Gasteiger partial charge >= 0.3 is 5.55 Å². The molecule has 8 heavy (non-hydrogen) atoms. The largest absolute Gasteiger partial charge is 0.498 e. The van der Waals surface area contributed by atoms with Crippen LogP contribution in [0.5, 0.6) is 0 Å². The SMILES string of the molecule is [N-]=[N+]=c1cncco1. The topological polar surface area (TPSA) is 62.4 Å². The van der Waals surface area contributed by atoms with E-state index in [9.17, 15) is 0 Å². The number of aromatic nitrogens is 1. The molecule has 0 aliphatic rings. The molecule has 1 aromatic rings. The van der Waals surface area contributed by atoms with Crippen LogP contribution in [-0.2, 0) is 0 Å². The van der Waals surface area contributed by atoms with Crippen molar-refractivity contribution in [3.8, 4) is 0 Å². The van der Waals surface area contributed by atoms with Crippen molar-refractivity contribution in [1.29, 1.82) is 0 Å². The standard InChI is InChI=1S/C4H3N3O/c5-7-4-3-6-1-2-8-4/h1-3H. The first kappa shape index (κ1) is 4.74. The second-order valence-electron chi connectivity index (χ2n) is 1.12. The minimum atomic E-state index is 0.104. The highest BCUT2D eigenvalue weighted by Gasteiger charge is 1.82. The molecule has 0 amide bonds. The summed E-state index contributed by atoms with van der Waals surface area (Å²) in [4.78, 5) is 6.35. The molecule has 0 saturated heterocycles. The van der Waals surface area contributed by atoms with Gasteiger partial charge in [-0.05, 0) is 0 Å². The Hall–Kier alpha value is -1.41. The highest BCUT2D eigenvalue weighted by molar-refractivity contribution is 4.62. The maximum Gasteiger partial charge on any atom is 0.498 e. The molecular weight excluding hydrogens is 106 g/mol. The average Bonchev–Trinajstić information content (AvgIpc) is 1.90. The summed E-state index contributed by atoms with van der Waals surface area (Å²) in [5, 5.41) is 0. The zero-order chi connectivity index (χ0) is 5.82. The molecular formula is C4H3N3O. The van der Waals surface area contributed by atoms with Crippen LogP contribution in [0.3, 0.4) is 0 Å². The Balaban J connectivity index is 3.41. The van der Waals surface area contributed by atoms with Gasteiger partial charge in [-0.15, -0.1) is 4.79 Å². The Bertz CT molecular complexity index is 230. The summed E-state index contributed by atoms with van der Waals surface area (Å²) in [6.07, 6.45) is 4.09. The highest BCUT2D eigenvalue weighted by atomic mass is 16.3.